The van der Waals surface area contributed by atoms with E-state index in [4.69, 9.17) is 16.0 Å². The van der Waals surface area contributed by atoms with Gasteiger partial charge in [0.25, 0.3) is 10.0 Å². The normalized spacial score (nSPS) is 11.6. The van der Waals surface area contributed by atoms with Gasteiger partial charge in [-0.05, 0) is 37.4 Å². The molecule has 0 aliphatic heterocycles. The van der Waals surface area contributed by atoms with Gasteiger partial charge in [-0.15, -0.1) is 0 Å². The Labute approximate surface area is 120 Å². The summed E-state index contributed by atoms with van der Waals surface area (Å²) in [6, 6.07) is 6.51. The maximum Gasteiger partial charge on any atom is 0.295 e. The first-order valence-electron chi connectivity index (χ1n) is 5.63. The van der Waals surface area contributed by atoms with E-state index in [9.17, 15) is 12.8 Å². The molecule has 1 heterocycles. The Balaban J connectivity index is 2.23. The Morgan fingerprint density at radius 3 is 2.70 bits per heavy atom. The van der Waals surface area contributed by atoms with Crippen LogP contribution in [-0.2, 0) is 16.6 Å². The molecule has 0 aliphatic carbocycles. The van der Waals surface area contributed by atoms with Gasteiger partial charge in [0, 0.05) is 0 Å². The number of sulfonamides is 1. The minimum absolute atomic E-state index is 0.0680. The van der Waals surface area contributed by atoms with E-state index < -0.39 is 15.8 Å². The van der Waals surface area contributed by atoms with Gasteiger partial charge in [0.1, 0.15) is 11.6 Å². The molecule has 2 aromatic rings. The molecule has 20 heavy (non-hydrogen) atoms. The number of furan rings is 1. The zero-order valence-corrected chi connectivity index (χ0v) is 12.1. The number of anilines is 1. The lowest BCUT2D eigenvalue weighted by atomic mass is 10.3. The highest BCUT2D eigenvalue weighted by Crippen LogP contribution is 2.22. The summed E-state index contributed by atoms with van der Waals surface area (Å²) in [5, 5.41) is 2.52. The number of halogens is 2. The zero-order valence-electron chi connectivity index (χ0n) is 10.5. The topological polar surface area (TPSA) is 71.3 Å². The van der Waals surface area contributed by atoms with Crippen molar-refractivity contribution in [3.63, 3.8) is 0 Å². The van der Waals surface area contributed by atoms with Crippen molar-refractivity contribution in [2.75, 3.05) is 11.8 Å². The minimum Gasteiger partial charge on any atom is -0.446 e. The van der Waals surface area contributed by atoms with Crippen LogP contribution in [0.5, 0.6) is 0 Å². The summed E-state index contributed by atoms with van der Waals surface area (Å²) in [5.41, 5.74) is 0.0680. The SMILES string of the molecule is CNCc1ccc(S(=O)(=O)Nc2ccc(Cl)c(F)c2)o1. The minimum atomic E-state index is -3.89. The predicted octanol–water partition coefficient (Wildman–Crippen LogP) is 2.59. The Hall–Kier alpha value is -1.57. The third-order valence-electron chi connectivity index (χ3n) is 2.42. The summed E-state index contributed by atoms with van der Waals surface area (Å²) >= 11 is 5.53. The van der Waals surface area contributed by atoms with Crippen LogP contribution in [-0.4, -0.2) is 15.5 Å². The third-order valence-corrected chi connectivity index (χ3v) is 3.98. The zero-order chi connectivity index (χ0) is 14.8. The second kappa shape index (κ2) is 5.82. The van der Waals surface area contributed by atoms with Crippen LogP contribution in [0.1, 0.15) is 5.76 Å². The Morgan fingerprint density at radius 1 is 1.30 bits per heavy atom. The lowest BCUT2D eigenvalue weighted by Gasteiger charge is -2.06. The molecule has 0 spiro atoms. The number of benzene rings is 1. The maximum atomic E-state index is 13.3. The van der Waals surface area contributed by atoms with Crippen LogP contribution in [0.15, 0.2) is 39.8 Å². The first-order valence-corrected chi connectivity index (χ1v) is 7.49. The van der Waals surface area contributed by atoms with Gasteiger partial charge in [-0.1, -0.05) is 11.6 Å². The summed E-state index contributed by atoms with van der Waals surface area (Å²) in [6.07, 6.45) is 0. The molecule has 0 bridgehead atoms. The molecule has 0 fully saturated rings. The van der Waals surface area contributed by atoms with Gasteiger partial charge in [-0.2, -0.15) is 8.42 Å². The van der Waals surface area contributed by atoms with Crippen LogP contribution in [0, 0.1) is 5.82 Å². The fraction of sp³-hybridized carbons (Fsp3) is 0.167. The average Bonchev–Trinajstić information content (AvgIpc) is 2.83. The number of rotatable bonds is 5. The summed E-state index contributed by atoms with van der Waals surface area (Å²) in [5.74, 6) is -0.225. The molecule has 0 radical (unpaired) electrons. The van der Waals surface area contributed by atoms with Gasteiger partial charge in [0.15, 0.2) is 0 Å². The van der Waals surface area contributed by atoms with Crippen molar-refractivity contribution >= 4 is 27.3 Å². The molecule has 0 amide bonds. The summed E-state index contributed by atoms with van der Waals surface area (Å²) in [6.45, 7) is 0.408. The Morgan fingerprint density at radius 2 is 2.05 bits per heavy atom. The van der Waals surface area contributed by atoms with Crippen LogP contribution >= 0.6 is 11.6 Å². The van der Waals surface area contributed by atoms with Gasteiger partial charge >= 0.3 is 0 Å². The molecule has 2 rings (SSSR count). The molecule has 8 heteroatoms. The molecule has 0 unspecified atom stereocenters. The molecule has 108 valence electrons. The second-order valence-electron chi connectivity index (χ2n) is 3.99. The first-order chi connectivity index (χ1) is 9.42. The fourth-order valence-electron chi connectivity index (χ4n) is 1.54. The highest BCUT2D eigenvalue weighted by molar-refractivity contribution is 7.92. The van der Waals surface area contributed by atoms with E-state index in [-0.39, 0.29) is 15.8 Å². The van der Waals surface area contributed by atoms with Gasteiger partial charge in [0.2, 0.25) is 5.09 Å². The van der Waals surface area contributed by atoms with E-state index in [1.54, 1.807) is 13.1 Å². The molecule has 1 aromatic carbocycles. The number of nitrogens with one attached hydrogen (secondary N) is 2. The summed E-state index contributed by atoms with van der Waals surface area (Å²) in [7, 11) is -2.18. The van der Waals surface area contributed by atoms with Crippen LogP contribution in [0.3, 0.4) is 0 Å². The van der Waals surface area contributed by atoms with Crippen molar-refractivity contribution in [3.8, 4) is 0 Å². The standard InChI is InChI=1S/C12H12ClFN2O3S/c1-15-7-9-3-5-12(19-9)20(17,18)16-8-2-4-10(13)11(14)6-8/h2-6,15-16H,7H2,1H3. The molecule has 1 aromatic heterocycles. The van der Waals surface area contributed by atoms with E-state index in [2.05, 4.69) is 10.0 Å². The second-order valence-corrected chi connectivity index (χ2v) is 6.01. The molecule has 2 N–H and O–H groups in total. The van der Waals surface area contributed by atoms with Gasteiger partial charge in [-0.25, -0.2) is 4.39 Å². The van der Waals surface area contributed by atoms with E-state index >= 15 is 0 Å². The van der Waals surface area contributed by atoms with Crippen molar-refractivity contribution < 1.29 is 17.2 Å². The smallest absolute Gasteiger partial charge is 0.295 e. The Kier molecular flexibility index (Phi) is 4.32. The Bertz CT molecular complexity index is 715. The average molecular weight is 319 g/mol. The largest absolute Gasteiger partial charge is 0.446 e. The molecular weight excluding hydrogens is 307 g/mol. The lowest BCUT2D eigenvalue weighted by molar-refractivity contribution is 0.408. The van der Waals surface area contributed by atoms with Crippen LogP contribution in [0.25, 0.3) is 0 Å². The third kappa shape index (κ3) is 3.30. The van der Waals surface area contributed by atoms with Crippen LogP contribution < -0.4 is 10.0 Å². The molecule has 0 saturated heterocycles. The monoisotopic (exact) mass is 318 g/mol. The van der Waals surface area contributed by atoms with Crippen molar-refractivity contribution in [1.82, 2.24) is 5.32 Å². The number of hydrogen-bond donors (Lipinski definition) is 2. The highest BCUT2D eigenvalue weighted by Gasteiger charge is 2.19. The maximum absolute atomic E-state index is 13.3. The first kappa shape index (κ1) is 14.8. The molecular formula is C12H12ClFN2O3S. The highest BCUT2D eigenvalue weighted by atomic mass is 35.5. The molecule has 5 nitrogen and oxygen atoms in total. The summed E-state index contributed by atoms with van der Waals surface area (Å²) in [4.78, 5) is 0. The van der Waals surface area contributed by atoms with Crippen LogP contribution in [0.2, 0.25) is 5.02 Å². The van der Waals surface area contributed by atoms with E-state index in [0.717, 1.165) is 6.07 Å². The summed E-state index contributed by atoms with van der Waals surface area (Å²) < 4.78 is 44.7. The van der Waals surface area contributed by atoms with Crippen molar-refractivity contribution in [2.24, 2.45) is 0 Å². The van der Waals surface area contributed by atoms with Gasteiger partial charge in [-0.3, -0.25) is 4.72 Å². The van der Waals surface area contributed by atoms with Gasteiger partial charge < -0.3 is 9.73 Å². The van der Waals surface area contributed by atoms with Crippen molar-refractivity contribution in [1.29, 1.82) is 0 Å². The van der Waals surface area contributed by atoms with Crippen molar-refractivity contribution in [2.45, 2.75) is 11.6 Å². The van der Waals surface area contributed by atoms with Gasteiger partial charge in [0.05, 0.1) is 17.3 Å². The molecule has 0 saturated carbocycles. The van der Waals surface area contributed by atoms with Crippen molar-refractivity contribution in [3.05, 3.63) is 46.9 Å². The van der Waals surface area contributed by atoms with E-state index in [1.807, 2.05) is 0 Å². The lowest BCUT2D eigenvalue weighted by Crippen LogP contribution is -2.12. The fourth-order valence-corrected chi connectivity index (χ4v) is 2.66. The van der Waals surface area contributed by atoms with Crippen LogP contribution in [0.4, 0.5) is 10.1 Å². The van der Waals surface area contributed by atoms with E-state index in [0.29, 0.717) is 12.3 Å². The molecule has 0 atom stereocenters. The number of hydrogen-bond acceptors (Lipinski definition) is 4. The molecule has 0 aliphatic rings. The quantitative estimate of drug-likeness (QED) is 0.889. The van der Waals surface area contributed by atoms with E-state index in [1.165, 1.54) is 18.2 Å². The predicted molar refractivity (Wildman–Crippen MR) is 73.7 cm³/mol.